The van der Waals surface area contributed by atoms with Gasteiger partial charge in [-0.25, -0.2) is 0 Å². The van der Waals surface area contributed by atoms with Crippen molar-refractivity contribution < 1.29 is 9.47 Å². The van der Waals surface area contributed by atoms with E-state index in [1.807, 2.05) is 6.92 Å². The predicted molar refractivity (Wildman–Crippen MR) is 69.4 cm³/mol. The van der Waals surface area contributed by atoms with Crippen LogP contribution in [0.2, 0.25) is 0 Å². The Kier molecular flexibility index (Phi) is 5.07. The van der Waals surface area contributed by atoms with Gasteiger partial charge in [-0.2, -0.15) is 4.98 Å². The third-order valence-corrected chi connectivity index (χ3v) is 2.31. The monoisotopic (exact) mass is 238 g/mol. The summed E-state index contributed by atoms with van der Waals surface area (Å²) in [5.41, 5.74) is 6.34. The third kappa shape index (κ3) is 4.51. The minimum atomic E-state index is 0.143. The normalized spacial score (nSPS) is 12.5. The van der Waals surface area contributed by atoms with Crippen LogP contribution in [0.25, 0.3) is 0 Å². The molecule has 1 unspecified atom stereocenters. The molecule has 4 heteroatoms. The van der Waals surface area contributed by atoms with Crippen LogP contribution < -0.4 is 15.2 Å². The molecule has 1 aromatic heterocycles. The van der Waals surface area contributed by atoms with Crippen molar-refractivity contribution in [1.82, 2.24) is 4.98 Å². The number of hydrogen-bond donors (Lipinski definition) is 1. The molecule has 1 aromatic rings. The van der Waals surface area contributed by atoms with Crippen LogP contribution in [-0.2, 0) is 0 Å². The highest BCUT2D eigenvalue weighted by Gasteiger charge is 2.08. The third-order valence-electron chi connectivity index (χ3n) is 2.31. The lowest BCUT2D eigenvalue weighted by atomic mass is 10.2. The highest BCUT2D eigenvalue weighted by Crippen LogP contribution is 2.23. The van der Waals surface area contributed by atoms with Crippen LogP contribution in [0.15, 0.2) is 12.1 Å². The van der Waals surface area contributed by atoms with Crippen molar-refractivity contribution in [2.45, 2.75) is 40.2 Å². The second-order valence-electron chi connectivity index (χ2n) is 4.59. The quantitative estimate of drug-likeness (QED) is 0.828. The van der Waals surface area contributed by atoms with Crippen LogP contribution in [0, 0.1) is 5.92 Å². The summed E-state index contributed by atoms with van der Waals surface area (Å²) < 4.78 is 11.2. The number of nitrogens with two attached hydrogens (primary N) is 1. The van der Waals surface area contributed by atoms with Gasteiger partial charge in [-0.1, -0.05) is 20.8 Å². The van der Waals surface area contributed by atoms with Crippen LogP contribution in [0.4, 0.5) is 5.69 Å². The van der Waals surface area contributed by atoms with Crippen molar-refractivity contribution in [3.63, 3.8) is 0 Å². The standard InChI is InChI=1S/C13H22N2O2/c1-5-10(4)17-12-7-6-11(14)13(15-12)16-8-9(2)3/h6-7,9-10H,5,8,14H2,1-4H3. The summed E-state index contributed by atoms with van der Waals surface area (Å²) in [6.07, 6.45) is 1.08. The van der Waals surface area contributed by atoms with E-state index in [0.29, 0.717) is 30.0 Å². The fraction of sp³-hybridized carbons (Fsp3) is 0.615. The number of pyridine rings is 1. The lowest BCUT2D eigenvalue weighted by Crippen LogP contribution is -2.12. The van der Waals surface area contributed by atoms with Crippen molar-refractivity contribution in [1.29, 1.82) is 0 Å². The minimum absolute atomic E-state index is 0.143. The molecule has 2 N–H and O–H groups in total. The molecular weight excluding hydrogens is 216 g/mol. The summed E-state index contributed by atoms with van der Waals surface area (Å²) in [5, 5.41) is 0. The van der Waals surface area contributed by atoms with Gasteiger partial charge in [-0.3, -0.25) is 0 Å². The van der Waals surface area contributed by atoms with Gasteiger partial charge < -0.3 is 15.2 Å². The fourth-order valence-corrected chi connectivity index (χ4v) is 1.15. The van der Waals surface area contributed by atoms with Gasteiger partial charge in [0.15, 0.2) is 0 Å². The lowest BCUT2D eigenvalue weighted by Gasteiger charge is -2.14. The minimum Gasteiger partial charge on any atom is -0.476 e. The SMILES string of the molecule is CCC(C)Oc1ccc(N)c(OCC(C)C)n1. The molecule has 0 bridgehead atoms. The Morgan fingerprint density at radius 3 is 2.59 bits per heavy atom. The van der Waals surface area contributed by atoms with E-state index in [2.05, 4.69) is 25.8 Å². The van der Waals surface area contributed by atoms with Crippen LogP contribution in [0.5, 0.6) is 11.8 Å². The topological polar surface area (TPSA) is 57.4 Å². The zero-order valence-corrected chi connectivity index (χ0v) is 11.1. The van der Waals surface area contributed by atoms with Gasteiger partial charge in [-0.15, -0.1) is 0 Å². The highest BCUT2D eigenvalue weighted by molar-refractivity contribution is 5.49. The maximum Gasteiger partial charge on any atom is 0.240 e. The summed E-state index contributed by atoms with van der Waals surface area (Å²) in [4.78, 5) is 4.26. The largest absolute Gasteiger partial charge is 0.476 e. The molecule has 0 radical (unpaired) electrons. The van der Waals surface area contributed by atoms with Crippen molar-refractivity contribution in [3.8, 4) is 11.8 Å². The number of nitrogen functional groups attached to an aromatic ring is 1. The summed E-state index contributed by atoms with van der Waals surface area (Å²) in [6.45, 7) is 8.83. The zero-order valence-electron chi connectivity index (χ0n) is 11.1. The average Bonchev–Trinajstić information content (AvgIpc) is 2.29. The molecule has 1 heterocycles. The molecule has 1 atom stereocenters. The Morgan fingerprint density at radius 2 is 2.00 bits per heavy atom. The molecule has 0 aliphatic heterocycles. The zero-order chi connectivity index (χ0) is 12.8. The summed E-state index contributed by atoms with van der Waals surface area (Å²) >= 11 is 0. The molecule has 0 spiro atoms. The summed E-state index contributed by atoms with van der Waals surface area (Å²) in [6, 6.07) is 3.53. The molecule has 0 aliphatic rings. The van der Waals surface area contributed by atoms with E-state index in [1.165, 1.54) is 0 Å². The predicted octanol–water partition coefficient (Wildman–Crippen LogP) is 2.88. The van der Waals surface area contributed by atoms with Gasteiger partial charge in [0.25, 0.3) is 0 Å². The Labute approximate surface area is 103 Å². The molecular formula is C13H22N2O2. The first kappa shape index (κ1) is 13.6. The second kappa shape index (κ2) is 6.33. The number of nitrogens with zero attached hydrogens (tertiary/aromatic N) is 1. The van der Waals surface area contributed by atoms with Gasteiger partial charge in [0, 0.05) is 6.07 Å². The van der Waals surface area contributed by atoms with Crippen LogP contribution in [0.3, 0.4) is 0 Å². The number of anilines is 1. The van der Waals surface area contributed by atoms with E-state index in [1.54, 1.807) is 12.1 Å². The molecule has 0 saturated heterocycles. The van der Waals surface area contributed by atoms with Crippen LogP contribution in [-0.4, -0.2) is 17.7 Å². The van der Waals surface area contributed by atoms with Gasteiger partial charge in [0.2, 0.25) is 11.8 Å². The molecule has 0 aliphatic carbocycles. The number of hydrogen-bond acceptors (Lipinski definition) is 4. The van der Waals surface area contributed by atoms with E-state index >= 15 is 0 Å². The first-order valence-electron chi connectivity index (χ1n) is 6.08. The molecule has 1 rings (SSSR count). The second-order valence-corrected chi connectivity index (χ2v) is 4.59. The lowest BCUT2D eigenvalue weighted by molar-refractivity contribution is 0.202. The Morgan fingerprint density at radius 1 is 1.29 bits per heavy atom. The highest BCUT2D eigenvalue weighted by atomic mass is 16.5. The van der Waals surface area contributed by atoms with E-state index in [0.717, 1.165) is 6.42 Å². The summed E-state index contributed by atoms with van der Waals surface area (Å²) in [5.74, 6) is 1.46. The van der Waals surface area contributed by atoms with Crippen LogP contribution >= 0.6 is 0 Å². The smallest absolute Gasteiger partial charge is 0.240 e. The molecule has 96 valence electrons. The first-order chi connectivity index (χ1) is 8.02. The molecule has 0 fully saturated rings. The molecule has 17 heavy (non-hydrogen) atoms. The van der Waals surface area contributed by atoms with E-state index in [-0.39, 0.29) is 6.10 Å². The van der Waals surface area contributed by atoms with Gasteiger partial charge in [0.05, 0.1) is 18.4 Å². The Hall–Kier alpha value is -1.45. The van der Waals surface area contributed by atoms with Crippen molar-refractivity contribution in [2.24, 2.45) is 5.92 Å². The Balaban J connectivity index is 2.72. The molecule has 0 aromatic carbocycles. The van der Waals surface area contributed by atoms with Gasteiger partial charge in [0.1, 0.15) is 0 Å². The van der Waals surface area contributed by atoms with Crippen LogP contribution in [0.1, 0.15) is 34.1 Å². The first-order valence-corrected chi connectivity index (χ1v) is 6.08. The maximum absolute atomic E-state index is 5.80. The fourth-order valence-electron chi connectivity index (χ4n) is 1.15. The number of ether oxygens (including phenoxy) is 2. The molecule has 0 amide bonds. The average molecular weight is 238 g/mol. The maximum atomic E-state index is 5.80. The van der Waals surface area contributed by atoms with Crippen molar-refractivity contribution >= 4 is 5.69 Å². The van der Waals surface area contributed by atoms with E-state index in [4.69, 9.17) is 15.2 Å². The van der Waals surface area contributed by atoms with Gasteiger partial charge >= 0.3 is 0 Å². The number of aromatic nitrogens is 1. The van der Waals surface area contributed by atoms with Gasteiger partial charge in [-0.05, 0) is 25.3 Å². The summed E-state index contributed by atoms with van der Waals surface area (Å²) in [7, 11) is 0. The molecule has 4 nitrogen and oxygen atoms in total. The Bertz CT molecular complexity index is 353. The van der Waals surface area contributed by atoms with Crippen molar-refractivity contribution in [3.05, 3.63) is 12.1 Å². The van der Waals surface area contributed by atoms with Crippen molar-refractivity contribution in [2.75, 3.05) is 12.3 Å². The van der Waals surface area contributed by atoms with E-state index in [9.17, 15) is 0 Å². The van der Waals surface area contributed by atoms with E-state index < -0.39 is 0 Å². The molecule has 0 saturated carbocycles. The number of rotatable bonds is 6.